The molecule has 4 rings (SSSR count). The van der Waals surface area contributed by atoms with Crippen molar-refractivity contribution in [3.63, 3.8) is 0 Å². The zero-order valence-electron chi connectivity index (χ0n) is 19.6. The Labute approximate surface area is 198 Å². The van der Waals surface area contributed by atoms with Gasteiger partial charge in [0.1, 0.15) is 0 Å². The average molecular weight is 471 g/mol. The summed E-state index contributed by atoms with van der Waals surface area (Å²) in [6.45, 7) is 3.91. The van der Waals surface area contributed by atoms with Gasteiger partial charge in [0.15, 0.2) is 23.2 Å². The summed E-state index contributed by atoms with van der Waals surface area (Å²) in [6.07, 6.45) is 4.90. The van der Waals surface area contributed by atoms with E-state index < -0.39 is 23.3 Å². The molecule has 1 aliphatic rings. The van der Waals surface area contributed by atoms with Crippen LogP contribution in [0.15, 0.2) is 48.5 Å². The normalized spacial score (nSPS) is 18.2. The van der Waals surface area contributed by atoms with Crippen LogP contribution in [-0.4, -0.2) is 6.61 Å². The van der Waals surface area contributed by atoms with E-state index in [9.17, 15) is 17.6 Å². The summed E-state index contributed by atoms with van der Waals surface area (Å²) in [4.78, 5) is 0. The first-order chi connectivity index (χ1) is 16.4. The van der Waals surface area contributed by atoms with Crippen molar-refractivity contribution in [1.82, 2.24) is 0 Å². The standard InChI is InChI=1S/C29H30F4O/c1-3-4-19-6-10-21(11-7-19)24-15-16-25(29(33)28(24)32)34-17-20-8-12-22(13-9-20)23-14-5-18(2)26(30)27(23)31/h5-7,10-11,14-16,20,22H,3-4,8-9,12-13,17H2,1-2H3. The molecule has 0 bridgehead atoms. The van der Waals surface area contributed by atoms with E-state index in [4.69, 9.17) is 4.74 Å². The van der Waals surface area contributed by atoms with Crippen molar-refractivity contribution in [2.45, 2.75) is 58.3 Å². The highest BCUT2D eigenvalue weighted by molar-refractivity contribution is 5.65. The molecule has 1 fully saturated rings. The van der Waals surface area contributed by atoms with Gasteiger partial charge in [-0.3, -0.25) is 0 Å². The second-order valence-corrected chi connectivity index (χ2v) is 9.31. The van der Waals surface area contributed by atoms with E-state index in [2.05, 4.69) is 6.92 Å². The number of ether oxygens (including phenoxy) is 1. The lowest BCUT2D eigenvalue weighted by atomic mass is 9.78. The van der Waals surface area contributed by atoms with Crippen LogP contribution >= 0.6 is 0 Å². The molecule has 1 saturated carbocycles. The summed E-state index contributed by atoms with van der Waals surface area (Å²) < 4.78 is 63.4. The molecule has 34 heavy (non-hydrogen) atoms. The SMILES string of the molecule is CCCc1ccc(-c2ccc(OCC3CCC(c4ccc(C)c(F)c4F)CC3)c(F)c2F)cc1. The van der Waals surface area contributed by atoms with Crippen LogP contribution in [0.5, 0.6) is 5.75 Å². The second-order valence-electron chi connectivity index (χ2n) is 9.31. The van der Waals surface area contributed by atoms with Crippen LogP contribution in [0.2, 0.25) is 0 Å². The van der Waals surface area contributed by atoms with Crippen LogP contribution < -0.4 is 4.74 Å². The lowest BCUT2D eigenvalue weighted by molar-refractivity contribution is 0.192. The van der Waals surface area contributed by atoms with Gasteiger partial charge in [0, 0.05) is 5.56 Å². The molecule has 1 nitrogen and oxygen atoms in total. The van der Waals surface area contributed by atoms with Crippen molar-refractivity contribution in [1.29, 1.82) is 0 Å². The molecule has 0 unspecified atom stereocenters. The summed E-state index contributed by atoms with van der Waals surface area (Å²) in [5, 5.41) is 0. The van der Waals surface area contributed by atoms with Crippen LogP contribution in [0.3, 0.4) is 0 Å². The minimum absolute atomic E-state index is 0.0384. The molecule has 0 radical (unpaired) electrons. The van der Waals surface area contributed by atoms with Crippen LogP contribution in [0.4, 0.5) is 17.6 Å². The van der Waals surface area contributed by atoms with Gasteiger partial charge in [0.05, 0.1) is 6.61 Å². The molecule has 0 amide bonds. The predicted molar refractivity (Wildman–Crippen MR) is 127 cm³/mol. The smallest absolute Gasteiger partial charge is 0.201 e. The molecule has 0 saturated heterocycles. The van der Waals surface area contributed by atoms with Crippen LogP contribution in [-0.2, 0) is 6.42 Å². The maximum absolute atomic E-state index is 14.8. The van der Waals surface area contributed by atoms with E-state index in [1.165, 1.54) is 6.07 Å². The van der Waals surface area contributed by atoms with E-state index in [1.807, 2.05) is 24.3 Å². The monoisotopic (exact) mass is 470 g/mol. The van der Waals surface area contributed by atoms with Crippen molar-refractivity contribution < 1.29 is 22.3 Å². The number of aryl methyl sites for hydroxylation is 2. The van der Waals surface area contributed by atoms with Gasteiger partial charge in [-0.1, -0.05) is 49.7 Å². The lowest BCUT2D eigenvalue weighted by Gasteiger charge is -2.29. The van der Waals surface area contributed by atoms with Gasteiger partial charge in [-0.25, -0.2) is 13.2 Å². The number of hydrogen-bond donors (Lipinski definition) is 0. The van der Waals surface area contributed by atoms with Gasteiger partial charge < -0.3 is 4.74 Å². The highest BCUT2D eigenvalue weighted by Gasteiger charge is 2.27. The Balaban J connectivity index is 1.36. The van der Waals surface area contributed by atoms with Crippen LogP contribution in [0, 0.1) is 36.1 Å². The van der Waals surface area contributed by atoms with E-state index >= 15 is 0 Å². The molecular formula is C29H30F4O. The molecule has 0 aromatic heterocycles. The Kier molecular flexibility index (Phi) is 7.60. The fourth-order valence-electron chi connectivity index (χ4n) is 4.83. The summed E-state index contributed by atoms with van der Waals surface area (Å²) in [6, 6.07) is 13.8. The summed E-state index contributed by atoms with van der Waals surface area (Å²) in [7, 11) is 0. The van der Waals surface area contributed by atoms with Gasteiger partial charge in [-0.15, -0.1) is 0 Å². The average Bonchev–Trinajstić information content (AvgIpc) is 2.85. The topological polar surface area (TPSA) is 9.23 Å². The molecule has 0 heterocycles. The first-order valence-corrected chi connectivity index (χ1v) is 12.0. The van der Waals surface area contributed by atoms with Gasteiger partial charge in [0.2, 0.25) is 5.82 Å². The van der Waals surface area contributed by atoms with Crippen LogP contribution in [0.1, 0.15) is 61.6 Å². The van der Waals surface area contributed by atoms with Crippen molar-refractivity contribution in [3.8, 4) is 16.9 Å². The quantitative estimate of drug-likeness (QED) is 0.315. The molecule has 0 atom stereocenters. The van der Waals surface area contributed by atoms with E-state index in [-0.39, 0.29) is 29.8 Å². The summed E-state index contributed by atoms with van der Waals surface area (Å²) in [5.41, 5.74) is 2.73. The third-order valence-electron chi connectivity index (χ3n) is 6.92. The van der Waals surface area contributed by atoms with Crippen LogP contribution in [0.25, 0.3) is 11.1 Å². The van der Waals surface area contributed by atoms with Gasteiger partial charge in [-0.05, 0) is 85.3 Å². The molecule has 0 spiro atoms. The lowest BCUT2D eigenvalue weighted by Crippen LogP contribution is -2.20. The zero-order valence-corrected chi connectivity index (χ0v) is 19.6. The molecule has 180 valence electrons. The molecular weight excluding hydrogens is 440 g/mol. The Morgan fingerprint density at radius 1 is 0.765 bits per heavy atom. The third-order valence-corrected chi connectivity index (χ3v) is 6.92. The molecule has 3 aromatic carbocycles. The largest absolute Gasteiger partial charge is 0.490 e. The molecule has 0 N–H and O–H groups in total. The highest BCUT2D eigenvalue weighted by atomic mass is 19.2. The molecule has 3 aromatic rings. The van der Waals surface area contributed by atoms with Crippen molar-refractivity contribution in [2.24, 2.45) is 5.92 Å². The minimum Gasteiger partial charge on any atom is -0.490 e. The Morgan fingerprint density at radius 3 is 2.15 bits per heavy atom. The first-order valence-electron chi connectivity index (χ1n) is 12.0. The van der Waals surface area contributed by atoms with Crippen molar-refractivity contribution in [3.05, 3.63) is 88.5 Å². The van der Waals surface area contributed by atoms with E-state index in [0.717, 1.165) is 31.2 Å². The zero-order chi connectivity index (χ0) is 24.2. The van der Waals surface area contributed by atoms with E-state index in [1.54, 1.807) is 25.1 Å². The molecule has 0 aliphatic heterocycles. The third kappa shape index (κ3) is 5.13. The number of benzene rings is 3. The summed E-state index contributed by atoms with van der Waals surface area (Å²) >= 11 is 0. The maximum Gasteiger partial charge on any atom is 0.201 e. The number of hydrogen-bond acceptors (Lipinski definition) is 1. The van der Waals surface area contributed by atoms with Gasteiger partial charge >= 0.3 is 0 Å². The fourth-order valence-corrected chi connectivity index (χ4v) is 4.83. The number of rotatable bonds is 7. The molecule has 1 aliphatic carbocycles. The van der Waals surface area contributed by atoms with Crippen molar-refractivity contribution in [2.75, 3.05) is 6.61 Å². The fraction of sp³-hybridized carbons (Fsp3) is 0.379. The predicted octanol–water partition coefficient (Wildman–Crippen LogP) is 8.52. The second kappa shape index (κ2) is 10.6. The summed E-state index contributed by atoms with van der Waals surface area (Å²) in [5.74, 6) is -3.41. The van der Waals surface area contributed by atoms with Gasteiger partial charge in [0.25, 0.3) is 0 Å². The van der Waals surface area contributed by atoms with E-state index in [0.29, 0.717) is 29.5 Å². The van der Waals surface area contributed by atoms with Crippen molar-refractivity contribution >= 4 is 0 Å². The number of halogens is 4. The molecule has 5 heteroatoms. The highest BCUT2D eigenvalue weighted by Crippen LogP contribution is 2.38. The first kappa shape index (κ1) is 24.3. The minimum atomic E-state index is -0.985. The Morgan fingerprint density at radius 2 is 1.47 bits per heavy atom. The Hall–Kier alpha value is -2.82. The van der Waals surface area contributed by atoms with Gasteiger partial charge in [-0.2, -0.15) is 4.39 Å². The Bertz CT molecular complexity index is 1130. The maximum atomic E-state index is 14.8.